The molecule has 0 bridgehead atoms. The molecule has 110 valence electrons. The lowest BCUT2D eigenvalue weighted by atomic mass is 10.1. The zero-order valence-corrected chi connectivity index (χ0v) is 12.7. The Balaban J connectivity index is 1.76. The first-order valence-electron chi connectivity index (χ1n) is 8.24. The van der Waals surface area contributed by atoms with Crippen molar-refractivity contribution < 1.29 is 0 Å². The van der Waals surface area contributed by atoms with Gasteiger partial charge >= 0.3 is 0 Å². The van der Waals surface area contributed by atoms with Gasteiger partial charge in [-0.15, -0.1) is 0 Å². The van der Waals surface area contributed by atoms with Crippen LogP contribution in [0.2, 0.25) is 0 Å². The number of hydrogen-bond donors (Lipinski definition) is 1. The third-order valence-electron chi connectivity index (χ3n) is 4.63. The third kappa shape index (κ3) is 2.35. The van der Waals surface area contributed by atoms with Gasteiger partial charge in [0.25, 0.3) is 0 Å². The molecule has 0 unspecified atom stereocenters. The van der Waals surface area contributed by atoms with Gasteiger partial charge in [0, 0.05) is 18.0 Å². The zero-order chi connectivity index (χ0) is 14.4. The van der Waals surface area contributed by atoms with Gasteiger partial charge in [-0.05, 0) is 49.7 Å². The third-order valence-corrected chi connectivity index (χ3v) is 4.63. The van der Waals surface area contributed by atoms with Gasteiger partial charge in [0.2, 0.25) is 0 Å². The van der Waals surface area contributed by atoms with Crippen molar-refractivity contribution >= 4 is 5.82 Å². The molecule has 2 fully saturated rings. The van der Waals surface area contributed by atoms with Crippen LogP contribution in [0.5, 0.6) is 0 Å². The van der Waals surface area contributed by atoms with Crippen LogP contribution in [0.1, 0.15) is 62.3 Å². The lowest BCUT2D eigenvalue weighted by Crippen LogP contribution is -2.06. The van der Waals surface area contributed by atoms with E-state index in [4.69, 9.17) is 10.7 Å². The Morgan fingerprint density at radius 3 is 2.62 bits per heavy atom. The fourth-order valence-electron chi connectivity index (χ4n) is 3.16. The first-order chi connectivity index (χ1) is 10.3. The molecule has 3 nitrogen and oxygen atoms in total. The number of aromatic nitrogens is 2. The van der Waals surface area contributed by atoms with Crippen molar-refractivity contribution in [3.63, 3.8) is 0 Å². The molecule has 1 heterocycles. The van der Waals surface area contributed by atoms with E-state index in [1.807, 2.05) is 0 Å². The van der Waals surface area contributed by atoms with Crippen molar-refractivity contribution in [3.8, 4) is 11.3 Å². The van der Waals surface area contributed by atoms with Crippen molar-refractivity contribution in [2.75, 3.05) is 5.73 Å². The van der Waals surface area contributed by atoms with Gasteiger partial charge in [0.15, 0.2) is 0 Å². The summed E-state index contributed by atoms with van der Waals surface area (Å²) in [6.07, 6.45) is 6.29. The standard InChI is InChI=1S/C18H23N3/c1-2-10-21-17(19)16(20-18(21)13-8-9-13)15-5-3-4-14(11-15)12-6-7-12/h3-5,11-13H,2,6-10,19H2,1H3. The summed E-state index contributed by atoms with van der Waals surface area (Å²) in [7, 11) is 0. The monoisotopic (exact) mass is 281 g/mol. The van der Waals surface area contributed by atoms with Crippen molar-refractivity contribution in [3.05, 3.63) is 35.7 Å². The van der Waals surface area contributed by atoms with Gasteiger partial charge in [0.1, 0.15) is 17.3 Å². The predicted molar refractivity (Wildman–Crippen MR) is 86.3 cm³/mol. The number of imidazole rings is 1. The van der Waals surface area contributed by atoms with Crippen molar-refractivity contribution in [2.45, 2.75) is 57.4 Å². The topological polar surface area (TPSA) is 43.8 Å². The fraction of sp³-hybridized carbons (Fsp3) is 0.500. The van der Waals surface area contributed by atoms with Crippen LogP contribution in [-0.2, 0) is 6.54 Å². The summed E-state index contributed by atoms with van der Waals surface area (Å²) < 4.78 is 2.25. The Morgan fingerprint density at radius 2 is 1.95 bits per heavy atom. The molecule has 0 saturated heterocycles. The Morgan fingerprint density at radius 1 is 1.19 bits per heavy atom. The maximum atomic E-state index is 6.43. The van der Waals surface area contributed by atoms with Crippen LogP contribution in [0, 0.1) is 0 Å². The van der Waals surface area contributed by atoms with E-state index >= 15 is 0 Å². The number of nitrogen functional groups attached to an aromatic ring is 1. The summed E-state index contributed by atoms with van der Waals surface area (Å²) >= 11 is 0. The summed E-state index contributed by atoms with van der Waals surface area (Å²) in [4.78, 5) is 4.92. The SMILES string of the molecule is CCCn1c(C2CC2)nc(-c2cccc(C3CC3)c2)c1N. The molecule has 0 amide bonds. The van der Waals surface area contributed by atoms with E-state index in [1.54, 1.807) is 0 Å². The van der Waals surface area contributed by atoms with Crippen LogP contribution < -0.4 is 5.73 Å². The van der Waals surface area contributed by atoms with Gasteiger partial charge in [-0.2, -0.15) is 0 Å². The normalized spacial score (nSPS) is 18.1. The van der Waals surface area contributed by atoms with Crippen LogP contribution in [0.3, 0.4) is 0 Å². The second kappa shape index (κ2) is 4.90. The zero-order valence-electron chi connectivity index (χ0n) is 12.7. The van der Waals surface area contributed by atoms with E-state index in [0.29, 0.717) is 5.92 Å². The fourth-order valence-corrected chi connectivity index (χ4v) is 3.16. The quantitative estimate of drug-likeness (QED) is 0.888. The van der Waals surface area contributed by atoms with E-state index in [2.05, 4.69) is 35.8 Å². The molecular weight excluding hydrogens is 258 g/mol. The van der Waals surface area contributed by atoms with Gasteiger partial charge in [-0.25, -0.2) is 4.98 Å². The van der Waals surface area contributed by atoms with E-state index in [0.717, 1.165) is 30.4 Å². The molecule has 1 aromatic heterocycles. The van der Waals surface area contributed by atoms with Crippen LogP contribution in [-0.4, -0.2) is 9.55 Å². The minimum atomic E-state index is 0.638. The highest BCUT2D eigenvalue weighted by Gasteiger charge is 2.31. The van der Waals surface area contributed by atoms with E-state index in [1.165, 1.54) is 42.6 Å². The Bertz CT molecular complexity index is 663. The highest BCUT2D eigenvalue weighted by Crippen LogP contribution is 2.44. The molecule has 2 saturated carbocycles. The van der Waals surface area contributed by atoms with Crippen LogP contribution >= 0.6 is 0 Å². The highest BCUT2D eigenvalue weighted by atomic mass is 15.1. The second-order valence-electron chi connectivity index (χ2n) is 6.53. The molecule has 2 aliphatic rings. The lowest BCUT2D eigenvalue weighted by Gasteiger charge is -2.07. The summed E-state index contributed by atoms with van der Waals surface area (Å²) in [6.45, 7) is 3.18. The van der Waals surface area contributed by atoms with Gasteiger partial charge in [-0.3, -0.25) is 0 Å². The van der Waals surface area contributed by atoms with E-state index < -0.39 is 0 Å². The first-order valence-corrected chi connectivity index (χ1v) is 8.24. The molecule has 2 aromatic rings. The molecule has 0 spiro atoms. The van der Waals surface area contributed by atoms with Crippen molar-refractivity contribution in [2.24, 2.45) is 0 Å². The van der Waals surface area contributed by atoms with Crippen LogP contribution in [0.25, 0.3) is 11.3 Å². The second-order valence-corrected chi connectivity index (χ2v) is 6.53. The Kier molecular flexibility index (Phi) is 3.02. The molecular formula is C18H23N3. The molecule has 2 N–H and O–H groups in total. The molecule has 0 radical (unpaired) electrons. The van der Waals surface area contributed by atoms with Crippen LogP contribution in [0.4, 0.5) is 5.82 Å². The molecule has 3 heteroatoms. The largest absolute Gasteiger partial charge is 0.383 e. The minimum Gasteiger partial charge on any atom is -0.383 e. The highest BCUT2D eigenvalue weighted by molar-refractivity contribution is 5.72. The Hall–Kier alpha value is -1.77. The minimum absolute atomic E-state index is 0.638. The maximum Gasteiger partial charge on any atom is 0.131 e. The number of nitrogens with two attached hydrogens (primary N) is 1. The average molecular weight is 281 g/mol. The van der Waals surface area contributed by atoms with Crippen molar-refractivity contribution in [1.29, 1.82) is 0 Å². The average Bonchev–Trinajstić information content (AvgIpc) is 3.39. The summed E-state index contributed by atoms with van der Waals surface area (Å²) in [5, 5.41) is 0. The number of hydrogen-bond acceptors (Lipinski definition) is 2. The van der Waals surface area contributed by atoms with Gasteiger partial charge in [-0.1, -0.05) is 25.1 Å². The molecule has 4 rings (SSSR count). The molecule has 0 aliphatic heterocycles. The first kappa shape index (κ1) is 12.9. The molecule has 0 atom stereocenters. The molecule has 21 heavy (non-hydrogen) atoms. The molecule has 2 aliphatic carbocycles. The van der Waals surface area contributed by atoms with Crippen LogP contribution in [0.15, 0.2) is 24.3 Å². The summed E-state index contributed by atoms with van der Waals surface area (Å²) in [6, 6.07) is 8.83. The predicted octanol–water partition coefficient (Wildman–Crippen LogP) is 4.30. The van der Waals surface area contributed by atoms with Gasteiger partial charge in [0.05, 0.1) is 0 Å². The summed E-state index contributed by atoms with van der Waals surface area (Å²) in [5.74, 6) is 3.47. The smallest absolute Gasteiger partial charge is 0.131 e. The van der Waals surface area contributed by atoms with E-state index in [-0.39, 0.29) is 0 Å². The summed E-state index contributed by atoms with van der Waals surface area (Å²) in [5.41, 5.74) is 10.1. The number of nitrogens with zero attached hydrogens (tertiary/aromatic N) is 2. The number of benzene rings is 1. The Labute approximate surface area is 126 Å². The van der Waals surface area contributed by atoms with Gasteiger partial charge < -0.3 is 10.3 Å². The lowest BCUT2D eigenvalue weighted by molar-refractivity contribution is 0.646. The molecule has 1 aromatic carbocycles. The maximum absolute atomic E-state index is 6.43. The van der Waals surface area contributed by atoms with Crippen molar-refractivity contribution in [1.82, 2.24) is 9.55 Å². The number of anilines is 1. The number of rotatable bonds is 5. The van der Waals surface area contributed by atoms with E-state index in [9.17, 15) is 0 Å².